The molecule has 0 atom stereocenters. The van der Waals surface area contributed by atoms with Crippen LogP contribution in [0.1, 0.15) is 11.1 Å². The van der Waals surface area contributed by atoms with Crippen molar-refractivity contribution in [2.45, 2.75) is 0 Å². The summed E-state index contributed by atoms with van der Waals surface area (Å²) in [7, 11) is 0. The zero-order chi connectivity index (χ0) is 17.6. The lowest BCUT2D eigenvalue weighted by Crippen LogP contribution is -2.14. The largest absolute Gasteiger partial charge is 0.321 e. The Labute approximate surface area is 156 Å². The highest BCUT2D eigenvalue weighted by Gasteiger charge is 2.14. The molecule has 1 amide bonds. The summed E-state index contributed by atoms with van der Waals surface area (Å²) in [5, 5.41) is 3.77. The van der Waals surface area contributed by atoms with Gasteiger partial charge in [0.25, 0.3) is 5.91 Å². The molecule has 0 radical (unpaired) electrons. The summed E-state index contributed by atoms with van der Waals surface area (Å²) < 4.78 is 0. The van der Waals surface area contributed by atoms with Crippen LogP contribution in [0.5, 0.6) is 0 Å². The molecule has 0 fully saturated rings. The lowest BCUT2D eigenvalue weighted by atomic mass is 10.0. The maximum Gasteiger partial charge on any atom is 0.256 e. The van der Waals surface area contributed by atoms with Gasteiger partial charge in [0.2, 0.25) is 0 Å². The van der Waals surface area contributed by atoms with E-state index in [0.29, 0.717) is 21.3 Å². The molecule has 0 aliphatic rings. The van der Waals surface area contributed by atoms with Gasteiger partial charge in [-0.1, -0.05) is 83.9 Å². The Kier molecular flexibility index (Phi) is 5.54. The van der Waals surface area contributed by atoms with Gasteiger partial charge in [-0.3, -0.25) is 4.79 Å². The Bertz CT molecular complexity index is 906. The van der Waals surface area contributed by atoms with Gasteiger partial charge in [0.15, 0.2) is 0 Å². The lowest BCUT2D eigenvalue weighted by Gasteiger charge is -2.11. The van der Waals surface area contributed by atoms with Crippen LogP contribution in [0.4, 0.5) is 5.69 Å². The molecule has 124 valence electrons. The third-order valence-corrected chi connectivity index (χ3v) is 4.17. The second-order valence-electron chi connectivity index (χ2n) is 5.41. The van der Waals surface area contributed by atoms with Gasteiger partial charge in [-0.05, 0) is 35.4 Å². The predicted molar refractivity (Wildman–Crippen MR) is 106 cm³/mol. The first-order valence-corrected chi connectivity index (χ1v) is 8.47. The normalized spacial score (nSPS) is 11.2. The first-order valence-electron chi connectivity index (χ1n) is 7.72. The molecule has 0 heterocycles. The summed E-state index contributed by atoms with van der Waals surface area (Å²) in [4.78, 5) is 12.9. The van der Waals surface area contributed by atoms with Crippen molar-refractivity contribution in [3.63, 3.8) is 0 Å². The van der Waals surface area contributed by atoms with Gasteiger partial charge in [0.1, 0.15) is 0 Å². The topological polar surface area (TPSA) is 29.1 Å². The van der Waals surface area contributed by atoms with Crippen LogP contribution in [0.25, 0.3) is 11.6 Å². The number of anilines is 1. The van der Waals surface area contributed by atoms with Crippen LogP contribution in [0.2, 0.25) is 10.0 Å². The molecule has 0 saturated heterocycles. The first kappa shape index (κ1) is 17.3. The fourth-order valence-electron chi connectivity index (χ4n) is 2.39. The Hall–Kier alpha value is -2.55. The highest BCUT2D eigenvalue weighted by atomic mass is 35.5. The van der Waals surface area contributed by atoms with Crippen molar-refractivity contribution < 1.29 is 4.79 Å². The molecule has 0 unspecified atom stereocenters. The first-order chi connectivity index (χ1) is 12.1. The Balaban J connectivity index is 1.97. The van der Waals surface area contributed by atoms with Gasteiger partial charge in [-0.15, -0.1) is 0 Å². The van der Waals surface area contributed by atoms with E-state index < -0.39 is 0 Å². The summed E-state index contributed by atoms with van der Waals surface area (Å²) in [6.45, 7) is 0. The lowest BCUT2D eigenvalue weighted by molar-refractivity contribution is -0.111. The van der Waals surface area contributed by atoms with Gasteiger partial charge in [-0.2, -0.15) is 0 Å². The number of hydrogen-bond donors (Lipinski definition) is 1. The van der Waals surface area contributed by atoms with Crippen LogP contribution in [-0.4, -0.2) is 5.91 Å². The molecule has 25 heavy (non-hydrogen) atoms. The number of benzene rings is 3. The summed E-state index contributed by atoms with van der Waals surface area (Å²) in [5.41, 5.74) is 2.84. The zero-order valence-corrected chi connectivity index (χ0v) is 14.8. The number of amides is 1. The zero-order valence-electron chi connectivity index (χ0n) is 13.2. The van der Waals surface area contributed by atoms with Crippen molar-refractivity contribution in [2.24, 2.45) is 0 Å². The minimum Gasteiger partial charge on any atom is -0.321 e. The molecule has 0 spiro atoms. The molecule has 0 aromatic heterocycles. The minimum absolute atomic E-state index is 0.237. The van der Waals surface area contributed by atoms with Crippen molar-refractivity contribution >= 4 is 46.4 Å². The van der Waals surface area contributed by atoms with E-state index in [1.807, 2.05) is 66.7 Å². The molecule has 0 saturated carbocycles. The summed E-state index contributed by atoms with van der Waals surface area (Å²) in [6, 6.07) is 24.2. The minimum atomic E-state index is -0.237. The van der Waals surface area contributed by atoms with Crippen LogP contribution in [0.3, 0.4) is 0 Å². The van der Waals surface area contributed by atoms with E-state index in [4.69, 9.17) is 23.2 Å². The van der Waals surface area contributed by atoms with Crippen LogP contribution in [0.15, 0.2) is 78.9 Å². The second-order valence-corrected chi connectivity index (χ2v) is 6.26. The SMILES string of the molecule is O=C(Nc1ccc(Cl)cc1Cl)C(=Cc1ccccc1)c1ccccc1. The fraction of sp³-hybridized carbons (Fsp3) is 0. The van der Waals surface area contributed by atoms with E-state index in [0.717, 1.165) is 11.1 Å². The number of halogens is 2. The van der Waals surface area contributed by atoms with Crippen LogP contribution >= 0.6 is 23.2 Å². The quantitative estimate of drug-likeness (QED) is 0.433. The molecule has 3 aromatic rings. The standard InChI is InChI=1S/C21H15Cl2NO/c22-17-11-12-20(19(23)14-17)24-21(25)18(16-9-5-2-6-10-16)13-15-7-3-1-4-8-15/h1-14H,(H,24,25). The second kappa shape index (κ2) is 8.02. The van der Waals surface area contributed by atoms with Gasteiger partial charge in [0, 0.05) is 10.6 Å². The van der Waals surface area contributed by atoms with Gasteiger partial charge >= 0.3 is 0 Å². The summed E-state index contributed by atoms with van der Waals surface area (Å²) in [5.74, 6) is -0.237. The molecule has 0 bridgehead atoms. The third-order valence-electron chi connectivity index (χ3n) is 3.62. The number of rotatable bonds is 4. The van der Waals surface area contributed by atoms with E-state index in [1.165, 1.54) is 0 Å². The van der Waals surface area contributed by atoms with Crippen LogP contribution < -0.4 is 5.32 Å². The maximum atomic E-state index is 12.9. The van der Waals surface area contributed by atoms with E-state index in [2.05, 4.69) is 5.32 Å². The van der Waals surface area contributed by atoms with E-state index in [-0.39, 0.29) is 5.91 Å². The summed E-state index contributed by atoms with van der Waals surface area (Å²) >= 11 is 12.1. The van der Waals surface area contributed by atoms with Crippen molar-refractivity contribution in [1.82, 2.24) is 0 Å². The van der Waals surface area contributed by atoms with E-state index in [9.17, 15) is 4.79 Å². The van der Waals surface area contributed by atoms with Crippen LogP contribution in [0, 0.1) is 0 Å². The van der Waals surface area contributed by atoms with Crippen molar-refractivity contribution in [3.05, 3.63) is 100 Å². The molecule has 0 aliphatic heterocycles. The van der Waals surface area contributed by atoms with Crippen molar-refractivity contribution in [2.75, 3.05) is 5.32 Å². The van der Waals surface area contributed by atoms with E-state index >= 15 is 0 Å². The van der Waals surface area contributed by atoms with Gasteiger partial charge in [0.05, 0.1) is 10.7 Å². The number of hydrogen-bond acceptors (Lipinski definition) is 1. The summed E-state index contributed by atoms with van der Waals surface area (Å²) in [6.07, 6.45) is 1.86. The molecule has 1 N–H and O–H groups in total. The predicted octanol–water partition coefficient (Wildman–Crippen LogP) is 6.17. The van der Waals surface area contributed by atoms with E-state index in [1.54, 1.807) is 18.2 Å². The van der Waals surface area contributed by atoms with Crippen molar-refractivity contribution in [3.8, 4) is 0 Å². The highest BCUT2D eigenvalue weighted by molar-refractivity contribution is 6.38. The highest BCUT2D eigenvalue weighted by Crippen LogP contribution is 2.27. The Morgan fingerprint density at radius 2 is 1.48 bits per heavy atom. The smallest absolute Gasteiger partial charge is 0.256 e. The Morgan fingerprint density at radius 1 is 0.840 bits per heavy atom. The number of carbonyl (C=O) groups excluding carboxylic acids is 1. The fourth-order valence-corrected chi connectivity index (χ4v) is 2.85. The average Bonchev–Trinajstić information content (AvgIpc) is 2.63. The number of carbonyl (C=O) groups is 1. The molecule has 0 aliphatic carbocycles. The van der Waals surface area contributed by atoms with Crippen molar-refractivity contribution in [1.29, 1.82) is 0 Å². The molecular weight excluding hydrogens is 353 g/mol. The van der Waals surface area contributed by atoms with Gasteiger partial charge in [-0.25, -0.2) is 0 Å². The maximum absolute atomic E-state index is 12.9. The van der Waals surface area contributed by atoms with Gasteiger partial charge < -0.3 is 5.32 Å². The van der Waals surface area contributed by atoms with Crippen LogP contribution in [-0.2, 0) is 4.79 Å². The molecule has 2 nitrogen and oxygen atoms in total. The monoisotopic (exact) mass is 367 g/mol. The molecule has 3 rings (SSSR count). The Morgan fingerprint density at radius 3 is 2.12 bits per heavy atom. The average molecular weight is 368 g/mol. The molecule has 4 heteroatoms. The molecule has 3 aromatic carbocycles. The number of nitrogens with one attached hydrogen (secondary N) is 1. The third kappa shape index (κ3) is 4.50. The molecular formula is C21H15Cl2NO.